The number of nitrogens with two attached hydrogens (primary N) is 1. The third-order valence-corrected chi connectivity index (χ3v) is 3.33. The first-order valence-electron chi connectivity index (χ1n) is 6.02. The van der Waals surface area contributed by atoms with Gasteiger partial charge in [0, 0.05) is 18.3 Å². The van der Waals surface area contributed by atoms with Gasteiger partial charge < -0.3 is 20.0 Å². The molecular formula is C11H16F3NO4. The van der Waals surface area contributed by atoms with E-state index in [0.29, 0.717) is 18.9 Å². The number of ether oxygens (including phenoxy) is 1. The average Bonchev–Trinajstić information content (AvgIpc) is 2.74. The van der Waals surface area contributed by atoms with E-state index in [2.05, 4.69) is 5.32 Å². The highest BCUT2D eigenvalue weighted by atomic mass is 19.4. The van der Waals surface area contributed by atoms with E-state index in [1.165, 1.54) is 13.1 Å². The second-order valence-electron chi connectivity index (χ2n) is 4.55. The minimum atomic E-state index is -5.19. The van der Waals surface area contributed by atoms with E-state index >= 15 is 0 Å². The Bertz CT molecular complexity index is 335. The van der Waals surface area contributed by atoms with Gasteiger partial charge in [-0.25, -0.2) is 0 Å². The van der Waals surface area contributed by atoms with Crippen LogP contribution in [0.1, 0.15) is 13.3 Å². The highest BCUT2D eigenvalue weighted by Crippen LogP contribution is 2.48. The molecule has 0 spiro atoms. The molecule has 0 amide bonds. The van der Waals surface area contributed by atoms with E-state index in [1.807, 2.05) is 6.92 Å². The van der Waals surface area contributed by atoms with Crippen LogP contribution in [0.4, 0.5) is 13.2 Å². The van der Waals surface area contributed by atoms with E-state index in [4.69, 9.17) is 14.6 Å². The minimum Gasteiger partial charge on any atom is -0.542 e. The first-order chi connectivity index (χ1) is 8.77. The van der Waals surface area contributed by atoms with Crippen molar-refractivity contribution in [2.24, 2.45) is 17.8 Å². The topological polar surface area (TPSA) is 83.0 Å². The van der Waals surface area contributed by atoms with Crippen LogP contribution in [0.2, 0.25) is 0 Å². The Hall–Kier alpha value is -1.31. The molecular weight excluding hydrogens is 267 g/mol. The second kappa shape index (κ2) is 6.23. The maximum atomic E-state index is 11.1. The first kappa shape index (κ1) is 15.7. The van der Waals surface area contributed by atoms with Gasteiger partial charge in [-0.1, -0.05) is 0 Å². The number of piperidine rings is 1. The molecule has 0 bridgehead atoms. The molecule has 0 aromatic rings. The molecule has 0 radical (unpaired) electrons. The Morgan fingerprint density at radius 3 is 2.16 bits per heavy atom. The molecule has 110 valence electrons. The molecule has 2 fully saturated rings. The maximum absolute atomic E-state index is 11.1. The third-order valence-electron chi connectivity index (χ3n) is 3.33. The van der Waals surface area contributed by atoms with Crippen molar-refractivity contribution < 1.29 is 37.9 Å². The SMILES string of the molecule is CCOC(=O)CC1[C@H]2C[NH2+]C[C@@H]12.O=C([O-])C(F)(F)F. The molecule has 3 atom stereocenters. The molecule has 0 aromatic carbocycles. The molecule has 5 nitrogen and oxygen atoms in total. The fourth-order valence-electron chi connectivity index (χ4n) is 2.42. The van der Waals surface area contributed by atoms with Crippen molar-refractivity contribution in [2.45, 2.75) is 19.5 Å². The number of rotatable bonds is 3. The number of hydrogen-bond acceptors (Lipinski definition) is 4. The van der Waals surface area contributed by atoms with Gasteiger partial charge in [-0.3, -0.25) is 4.79 Å². The number of alkyl halides is 3. The third kappa shape index (κ3) is 4.70. The van der Waals surface area contributed by atoms with E-state index in [9.17, 15) is 18.0 Å². The summed E-state index contributed by atoms with van der Waals surface area (Å²) in [5.41, 5.74) is 0. The average molecular weight is 283 g/mol. The number of carboxylic acids is 1. The summed E-state index contributed by atoms with van der Waals surface area (Å²) < 4.78 is 36.5. The van der Waals surface area contributed by atoms with Crippen LogP contribution in [0.3, 0.4) is 0 Å². The fourth-order valence-corrected chi connectivity index (χ4v) is 2.42. The van der Waals surface area contributed by atoms with Crippen LogP contribution in [0.5, 0.6) is 0 Å². The highest BCUT2D eigenvalue weighted by molar-refractivity contribution is 5.70. The van der Waals surface area contributed by atoms with Crippen LogP contribution in [0.15, 0.2) is 0 Å². The first-order valence-corrected chi connectivity index (χ1v) is 6.02. The zero-order valence-corrected chi connectivity index (χ0v) is 10.4. The molecule has 2 rings (SSSR count). The molecule has 1 saturated carbocycles. The molecule has 1 unspecified atom stereocenters. The number of hydrogen-bond donors (Lipinski definition) is 1. The lowest BCUT2D eigenvalue weighted by molar-refractivity contribution is -0.645. The number of halogens is 3. The van der Waals surface area contributed by atoms with E-state index in [0.717, 1.165) is 11.8 Å². The molecule has 0 aromatic heterocycles. The minimum absolute atomic E-state index is 0.00287. The van der Waals surface area contributed by atoms with Crippen LogP contribution in [-0.4, -0.2) is 37.8 Å². The van der Waals surface area contributed by atoms with Gasteiger partial charge in [-0.2, -0.15) is 13.2 Å². The summed E-state index contributed by atoms with van der Waals surface area (Å²) in [6.07, 6.45) is -4.53. The van der Waals surface area contributed by atoms with Crippen molar-refractivity contribution in [1.82, 2.24) is 0 Å². The second-order valence-corrected chi connectivity index (χ2v) is 4.55. The number of carboxylic acid groups (broad SMARTS) is 1. The lowest BCUT2D eigenvalue weighted by atomic mass is 10.2. The number of quaternary nitrogens is 1. The summed E-state index contributed by atoms with van der Waals surface area (Å²) in [6.45, 7) is 4.84. The van der Waals surface area contributed by atoms with Crippen molar-refractivity contribution in [3.8, 4) is 0 Å². The van der Waals surface area contributed by atoms with Gasteiger partial charge in [0.15, 0.2) is 0 Å². The Morgan fingerprint density at radius 1 is 1.32 bits per heavy atom. The lowest BCUT2D eigenvalue weighted by Crippen LogP contribution is -2.82. The number of esters is 1. The fraction of sp³-hybridized carbons (Fsp3) is 0.818. The maximum Gasteiger partial charge on any atom is 0.430 e. The Kier molecular flexibility index (Phi) is 5.16. The van der Waals surface area contributed by atoms with E-state index in [1.54, 1.807) is 0 Å². The van der Waals surface area contributed by atoms with Gasteiger partial charge in [0.25, 0.3) is 0 Å². The van der Waals surface area contributed by atoms with Gasteiger partial charge in [-0.05, 0) is 12.8 Å². The summed E-state index contributed by atoms with van der Waals surface area (Å²) >= 11 is 0. The van der Waals surface area contributed by atoms with Gasteiger partial charge >= 0.3 is 12.1 Å². The van der Waals surface area contributed by atoms with Crippen molar-refractivity contribution in [2.75, 3.05) is 19.7 Å². The summed E-state index contributed by atoms with van der Waals surface area (Å²) in [5.74, 6) is -0.692. The molecule has 1 heterocycles. The Morgan fingerprint density at radius 2 is 1.79 bits per heavy atom. The monoisotopic (exact) mass is 283 g/mol. The largest absolute Gasteiger partial charge is 0.542 e. The summed E-state index contributed by atoms with van der Waals surface area (Å²) in [4.78, 5) is 19.9. The molecule has 8 heteroatoms. The molecule has 2 aliphatic rings. The summed E-state index contributed by atoms with van der Waals surface area (Å²) in [5, 5.41) is 11.1. The van der Waals surface area contributed by atoms with E-state index < -0.39 is 12.1 Å². The highest BCUT2D eigenvalue weighted by Gasteiger charge is 2.56. The van der Waals surface area contributed by atoms with Crippen molar-refractivity contribution in [1.29, 1.82) is 0 Å². The molecule has 2 N–H and O–H groups in total. The standard InChI is InChI=1S/C9H15NO2.C2HF3O2/c1-2-12-9(11)3-6-7-4-10-5-8(6)7;3-2(4,5)1(6)7/h6-8,10H,2-5H2,1H3;(H,6,7)/t6?,7-,8+;. The van der Waals surface area contributed by atoms with Crippen molar-refractivity contribution in [3.63, 3.8) is 0 Å². The van der Waals surface area contributed by atoms with Crippen molar-refractivity contribution in [3.05, 3.63) is 0 Å². The van der Waals surface area contributed by atoms with Crippen LogP contribution in [0, 0.1) is 17.8 Å². The molecule has 1 aliphatic carbocycles. The Labute approximate surface area is 108 Å². The normalized spacial score (nSPS) is 27.9. The summed E-state index contributed by atoms with van der Waals surface area (Å²) in [7, 11) is 0. The quantitative estimate of drug-likeness (QED) is 0.651. The zero-order valence-electron chi connectivity index (χ0n) is 10.4. The van der Waals surface area contributed by atoms with Crippen LogP contribution in [-0.2, 0) is 14.3 Å². The molecule has 19 heavy (non-hydrogen) atoms. The van der Waals surface area contributed by atoms with Gasteiger partial charge in [-0.15, -0.1) is 0 Å². The van der Waals surface area contributed by atoms with Gasteiger partial charge in [0.2, 0.25) is 0 Å². The van der Waals surface area contributed by atoms with E-state index in [-0.39, 0.29) is 5.97 Å². The zero-order chi connectivity index (χ0) is 14.6. The predicted octanol–water partition coefficient (Wildman–Crippen LogP) is -1.32. The number of carbonyl (C=O) groups is 2. The number of fused-ring (bicyclic) bond motifs is 1. The smallest absolute Gasteiger partial charge is 0.430 e. The lowest BCUT2D eigenvalue weighted by Gasteiger charge is -2.03. The van der Waals surface area contributed by atoms with Crippen LogP contribution < -0.4 is 10.4 Å². The van der Waals surface area contributed by atoms with Crippen LogP contribution >= 0.6 is 0 Å². The van der Waals surface area contributed by atoms with Crippen molar-refractivity contribution >= 4 is 11.9 Å². The summed E-state index contributed by atoms with van der Waals surface area (Å²) in [6, 6.07) is 0. The van der Waals surface area contributed by atoms with Crippen LogP contribution in [0.25, 0.3) is 0 Å². The molecule has 1 saturated heterocycles. The number of carbonyl (C=O) groups excluding carboxylic acids is 2. The van der Waals surface area contributed by atoms with Gasteiger partial charge in [0.05, 0.1) is 19.7 Å². The molecule has 1 aliphatic heterocycles. The Balaban J connectivity index is 0.000000224. The predicted molar refractivity (Wildman–Crippen MR) is 54.4 cm³/mol. The van der Waals surface area contributed by atoms with Gasteiger partial charge in [0.1, 0.15) is 5.97 Å². The number of aliphatic carboxylic acids is 1.